The van der Waals surface area contributed by atoms with Gasteiger partial charge in [0.15, 0.2) is 0 Å². The molecular weight excluding hydrogens is 364 g/mol. The van der Waals surface area contributed by atoms with Gasteiger partial charge in [0.05, 0.1) is 19.1 Å². The van der Waals surface area contributed by atoms with Crippen molar-refractivity contribution in [2.75, 3.05) is 7.11 Å². The largest absolute Gasteiger partial charge is 0.469 e. The Kier molecular flexibility index (Phi) is 6.71. The summed E-state index contributed by atoms with van der Waals surface area (Å²) in [5, 5.41) is 0.613. The Morgan fingerprint density at radius 3 is 2.26 bits per heavy atom. The first kappa shape index (κ1) is 21.0. The summed E-state index contributed by atoms with van der Waals surface area (Å²) in [6.07, 6.45) is 0.680. The van der Waals surface area contributed by atoms with E-state index in [2.05, 4.69) is 25.3 Å². The SMILES string of the molecule is COC(=O)CCc1c(-c2ccc(Cl)cc2)c(C(N)=O)c(C)n1C(C)C(C)C. The molecule has 0 fully saturated rings. The number of rotatable bonds is 7. The van der Waals surface area contributed by atoms with Crippen LogP contribution in [0.2, 0.25) is 5.02 Å². The zero-order chi connectivity index (χ0) is 20.3. The first-order valence-electron chi connectivity index (χ1n) is 9.05. The minimum Gasteiger partial charge on any atom is -0.469 e. The Balaban J connectivity index is 2.76. The molecule has 6 heteroatoms. The van der Waals surface area contributed by atoms with Crippen LogP contribution in [0.15, 0.2) is 24.3 Å². The molecule has 146 valence electrons. The summed E-state index contributed by atoms with van der Waals surface area (Å²) in [6, 6.07) is 7.44. The van der Waals surface area contributed by atoms with E-state index in [0.29, 0.717) is 22.9 Å². The first-order valence-corrected chi connectivity index (χ1v) is 9.43. The van der Waals surface area contributed by atoms with Crippen molar-refractivity contribution in [2.24, 2.45) is 11.7 Å². The summed E-state index contributed by atoms with van der Waals surface area (Å²) >= 11 is 6.03. The van der Waals surface area contributed by atoms with Crippen LogP contribution in [0, 0.1) is 12.8 Å². The molecule has 27 heavy (non-hydrogen) atoms. The lowest BCUT2D eigenvalue weighted by Gasteiger charge is -2.23. The van der Waals surface area contributed by atoms with E-state index in [1.54, 1.807) is 12.1 Å². The predicted molar refractivity (Wildman–Crippen MR) is 108 cm³/mol. The molecule has 1 aromatic heterocycles. The molecule has 5 nitrogen and oxygen atoms in total. The van der Waals surface area contributed by atoms with Gasteiger partial charge in [0.1, 0.15) is 0 Å². The van der Waals surface area contributed by atoms with Gasteiger partial charge in [0.25, 0.3) is 5.91 Å². The normalized spacial score (nSPS) is 12.3. The Bertz CT molecular complexity index is 838. The molecule has 0 saturated heterocycles. The van der Waals surface area contributed by atoms with Gasteiger partial charge < -0.3 is 15.0 Å². The lowest BCUT2D eigenvalue weighted by molar-refractivity contribution is -0.140. The number of ether oxygens (including phenoxy) is 1. The van der Waals surface area contributed by atoms with Crippen LogP contribution in [0.1, 0.15) is 55.0 Å². The molecule has 1 unspecified atom stereocenters. The highest BCUT2D eigenvalue weighted by Crippen LogP contribution is 2.37. The highest BCUT2D eigenvalue weighted by Gasteiger charge is 2.28. The number of benzene rings is 1. The van der Waals surface area contributed by atoms with Crippen LogP contribution in [0.4, 0.5) is 0 Å². The second kappa shape index (κ2) is 8.61. The van der Waals surface area contributed by atoms with Gasteiger partial charge in [-0.3, -0.25) is 9.59 Å². The number of primary amides is 1. The number of amides is 1. The van der Waals surface area contributed by atoms with Crippen LogP contribution >= 0.6 is 11.6 Å². The maximum Gasteiger partial charge on any atom is 0.305 e. The van der Waals surface area contributed by atoms with Crippen molar-refractivity contribution in [2.45, 2.75) is 46.6 Å². The lowest BCUT2D eigenvalue weighted by Crippen LogP contribution is -2.18. The number of methoxy groups -OCH3 is 1. The minimum atomic E-state index is -0.480. The number of aromatic nitrogens is 1. The molecule has 0 aliphatic carbocycles. The standard InChI is InChI=1S/C21H27ClN2O3/c1-12(2)13(3)24-14(4)19(21(23)26)20(15-6-8-16(22)9-7-15)17(24)10-11-18(25)27-5/h6-9,12-13H,10-11H2,1-5H3,(H2,23,26). The number of hydrogen-bond acceptors (Lipinski definition) is 3. The second-order valence-corrected chi connectivity index (χ2v) is 7.52. The third-order valence-electron chi connectivity index (χ3n) is 5.10. The van der Waals surface area contributed by atoms with Gasteiger partial charge in [0.2, 0.25) is 0 Å². The molecule has 1 aromatic carbocycles. The third kappa shape index (κ3) is 4.35. The van der Waals surface area contributed by atoms with E-state index in [4.69, 9.17) is 22.1 Å². The van der Waals surface area contributed by atoms with Crippen molar-refractivity contribution in [1.29, 1.82) is 0 Å². The van der Waals surface area contributed by atoms with Gasteiger partial charge in [-0.25, -0.2) is 0 Å². The fourth-order valence-electron chi connectivity index (χ4n) is 3.41. The van der Waals surface area contributed by atoms with Crippen LogP contribution in [0.25, 0.3) is 11.1 Å². The van der Waals surface area contributed by atoms with E-state index >= 15 is 0 Å². The van der Waals surface area contributed by atoms with E-state index in [1.807, 2.05) is 19.1 Å². The van der Waals surface area contributed by atoms with Gasteiger partial charge in [-0.15, -0.1) is 0 Å². The molecule has 0 saturated carbocycles. The molecule has 2 rings (SSSR count). The van der Waals surface area contributed by atoms with Gasteiger partial charge in [0, 0.05) is 28.0 Å². The van der Waals surface area contributed by atoms with Gasteiger partial charge in [-0.2, -0.15) is 0 Å². The van der Waals surface area contributed by atoms with E-state index in [-0.39, 0.29) is 18.4 Å². The molecule has 0 radical (unpaired) electrons. The summed E-state index contributed by atoms with van der Waals surface area (Å²) in [6.45, 7) is 8.26. The average molecular weight is 391 g/mol. The van der Waals surface area contributed by atoms with E-state index in [0.717, 1.165) is 22.5 Å². The van der Waals surface area contributed by atoms with E-state index < -0.39 is 5.91 Å². The Labute approximate surface area is 165 Å². The molecular formula is C21H27ClN2O3. The van der Waals surface area contributed by atoms with Crippen molar-refractivity contribution in [1.82, 2.24) is 4.57 Å². The Morgan fingerprint density at radius 2 is 1.78 bits per heavy atom. The monoisotopic (exact) mass is 390 g/mol. The summed E-state index contributed by atoms with van der Waals surface area (Å²) in [5.74, 6) is -0.432. The molecule has 2 aromatic rings. The van der Waals surface area contributed by atoms with E-state index in [1.165, 1.54) is 7.11 Å². The smallest absolute Gasteiger partial charge is 0.305 e. The number of carbonyl (C=O) groups is 2. The highest BCUT2D eigenvalue weighted by atomic mass is 35.5. The maximum absolute atomic E-state index is 12.3. The molecule has 2 N–H and O–H groups in total. The Hall–Kier alpha value is -2.27. The number of nitrogens with zero attached hydrogens (tertiary/aromatic N) is 1. The van der Waals surface area contributed by atoms with Gasteiger partial charge >= 0.3 is 5.97 Å². The topological polar surface area (TPSA) is 74.3 Å². The van der Waals surface area contributed by atoms with Gasteiger partial charge in [-0.1, -0.05) is 37.6 Å². The molecule has 1 amide bonds. The van der Waals surface area contributed by atoms with Crippen molar-refractivity contribution in [3.8, 4) is 11.1 Å². The van der Waals surface area contributed by atoms with Crippen LogP contribution in [0.3, 0.4) is 0 Å². The fraction of sp³-hybridized carbons (Fsp3) is 0.429. The van der Waals surface area contributed by atoms with Crippen molar-refractivity contribution in [3.63, 3.8) is 0 Å². The van der Waals surface area contributed by atoms with Crippen molar-refractivity contribution < 1.29 is 14.3 Å². The number of halogens is 1. The van der Waals surface area contributed by atoms with Gasteiger partial charge in [-0.05, 0) is 43.9 Å². The summed E-state index contributed by atoms with van der Waals surface area (Å²) < 4.78 is 6.94. The zero-order valence-corrected chi connectivity index (χ0v) is 17.3. The van der Waals surface area contributed by atoms with Crippen LogP contribution < -0.4 is 5.73 Å². The average Bonchev–Trinajstić information content (AvgIpc) is 2.91. The predicted octanol–water partition coefficient (Wildman–Crippen LogP) is 4.54. The molecule has 0 bridgehead atoms. The van der Waals surface area contributed by atoms with Crippen LogP contribution in [-0.4, -0.2) is 23.6 Å². The third-order valence-corrected chi connectivity index (χ3v) is 5.35. The quantitative estimate of drug-likeness (QED) is 0.705. The number of esters is 1. The van der Waals surface area contributed by atoms with Crippen LogP contribution in [-0.2, 0) is 16.0 Å². The van der Waals surface area contributed by atoms with E-state index in [9.17, 15) is 9.59 Å². The molecule has 0 aliphatic heterocycles. The lowest BCUT2D eigenvalue weighted by atomic mass is 9.97. The molecule has 1 atom stereocenters. The number of hydrogen-bond donors (Lipinski definition) is 1. The summed E-state index contributed by atoms with van der Waals surface area (Å²) in [7, 11) is 1.37. The molecule has 0 spiro atoms. The van der Waals surface area contributed by atoms with Crippen molar-refractivity contribution >= 4 is 23.5 Å². The highest BCUT2D eigenvalue weighted by molar-refractivity contribution is 6.30. The zero-order valence-electron chi connectivity index (χ0n) is 16.5. The minimum absolute atomic E-state index is 0.136. The second-order valence-electron chi connectivity index (χ2n) is 7.08. The maximum atomic E-state index is 12.3. The summed E-state index contributed by atoms with van der Waals surface area (Å²) in [5.41, 5.74) is 9.59. The van der Waals surface area contributed by atoms with Crippen LogP contribution in [0.5, 0.6) is 0 Å². The fourth-order valence-corrected chi connectivity index (χ4v) is 3.54. The summed E-state index contributed by atoms with van der Waals surface area (Å²) in [4.78, 5) is 24.1. The number of carbonyl (C=O) groups excluding carboxylic acids is 2. The van der Waals surface area contributed by atoms with Crippen molar-refractivity contribution in [3.05, 3.63) is 46.2 Å². The molecule has 1 heterocycles. The number of nitrogens with two attached hydrogens (primary N) is 1. The Morgan fingerprint density at radius 1 is 1.19 bits per heavy atom. The first-order chi connectivity index (χ1) is 12.7. The molecule has 0 aliphatic rings.